The molecule has 1 aliphatic rings. The largest absolute Gasteiger partial charge is 0.484 e. The van der Waals surface area contributed by atoms with Crippen LogP contribution in [0.1, 0.15) is 32.1 Å². The molecule has 0 unspecified atom stereocenters. The van der Waals surface area contributed by atoms with E-state index in [4.69, 9.17) is 16.3 Å². The molecule has 0 atom stereocenters. The Hall–Kier alpha value is -1.82. The van der Waals surface area contributed by atoms with Crippen molar-refractivity contribution in [1.29, 1.82) is 0 Å². The maximum atomic E-state index is 11.8. The highest BCUT2D eigenvalue weighted by Crippen LogP contribution is 2.28. The number of hydrogen-bond donors (Lipinski definition) is 1. The van der Waals surface area contributed by atoms with Crippen LogP contribution < -0.4 is 10.1 Å². The van der Waals surface area contributed by atoms with Crippen molar-refractivity contribution in [2.45, 2.75) is 38.1 Å². The molecular weight excluding hydrogens is 296 g/mol. The summed E-state index contributed by atoms with van der Waals surface area (Å²) in [6.07, 6.45) is 5.53. The molecule has 1 fully saturated rings. The van der Waals surface area contributed by atoms with Crippen LogP contribution in [-0.2, 0) is 4.79 Å². The van der Waals surface area contributed by atoms with Crippen LogP contribution in [0.15, 0.2) is 18.2 Å². The summed E-state index contributed by atoms with van der Waals surface area (Å²) in [6.45, 7) is -0.120. The molecule has 0 radical (unpaired) electrons. The summed E-state index contributed by atoms with van der Waals surface area (Å²) in [5.74, 6) is 0.153. The van der Waals surface area contributed by atoms with Gasteiger partial charge < -0.3 is 10.1 Å². The van der Waals surface area contributed by atoms with Crippen LogP contribution in [0.3, 0.4) is 0 Å². The number of ether oxygens (including phenoxy) is 1. The first-order chi connectivity index (χ1) is 10.1. The van der Waals surface area contributed by atoms with E-state index < -0.39 is 4.92 Å². The van der Waals surface area contributed by atoms with E-state index in [0.717, 1.165) is 25.7 Å². The maximum absolute atomic E-state index is 11.8. The predicted molar refractivity (Wildman–Crippen MR) is 78.6 cm³/mol. The van der Waals surface area contributed by atoms with Gasteiger partial charge in [-0.25, -0.2) is 0 Å². The number of hydrogen-bond acceptors (Lipinski definition) is 4. The number of amides is 1. The van der Waals surface area contributed by atoms with Crippen molar-refractivity contribution >= 4 is 23.2 Å². The molecule has 114 valence electrons. The Labute approximate surface area is 127 Å². The highest BCUT2D eigenvalue weighted by molar-refractivity contribution is 6.32. The van der Waals surface area contributed by atoms with Gasteiger partial charge in [-0.3, -0.25) is 14.9 Å². The zero-order valence-corrected chi connectivity index (χ0v) is 12.3. The molecule has 0 spiro atoms. The lowest BCUT2D eigenvalue weighted by atomic mass is 9.95. The average Bonchev–Trinajstić information content (AvgIpc) is 2.46. The van der Waals surface area contributed by atoms with Crippen LogP contribution in [-0.4, -0.2) is 23.5 Å². The van der Waals surface area contributed by atoms with Crippen LogP contribution in [0, 0.1) is 10.1 Å². The van der Waals surface area contributed by atoms with Crippen LogP contribution >= 0.6 is 11.6 Å². The van der Waals surface area contributed by atoms with E-state index in [0.29, 0.717) is 5.75 Å². The van der Waals surface area contributed by atoms with Gasteiger partial charge in [-0.05, 0) is 18.9 Å². The monoisotopic (exact) mass is 312 g/mol. The fourth-order valence-electron chi connectivity index (χ4n) is 2.39. The standard InChI is InChI=1S/C14H17ClN2O4/c15-12-8-11(6-7-13(12)17(19)20)21-9-14(18)16-10-4-2-1-3-5-10/h6-8,10H,1-5,9H2,(H,16,18). The molecule has 2 rings (SSSR count). The highest BCUT2D eigenvalue weighted by Gasteiger charge is 2.16. The summed E-state index contributed by atoms with van der Waals surface area (Å²) in [5, 5.41) is 13.6. The first kappa shape index (κ1) is 15.6. The van der Waals surface area contributed by atoms with E-state index in [9.17, 15) is 14.9 Å². The van der Waals surface area contributed by atoms with Gasteiger partial charge in [-0.15, -0.1) is 0 Å². The second-order valence-corrected chi connectivity index (χ2v) is 5.47. The van der Waals surface area contributed by atoms with Gasteiger partial charge in [0.05, 0.1) is 4.92 Å². The zero-order chi connectivity index (χ0) is 15.2. The summed E-state index contributed by atoms with van der Waals surface area (Å²) in [4.78, 5) is 21.8. The van der Waals surface area contributed by atoms with Crippen LogP contribution in [0.4, 0.5) is 5.69 Å². The third-order valence-corrected chi connectivity index (χ3v) is 3.76. The maximum Gasteiger partial charge on any atom is 0.288 e. The van der Waals surface area contributed by atoms with Crippen molar-refractivity contribution in [2.24, 2.45) is 0 Å². The van der Waals surface area contributed by atoms with Crippen LogP contribution in [0.25, 0.3) is 0 Å². The number of benzene rings is 1. The van der Waals surface area contributed by atoms with Gasteiger partial charge in [0.25, 0.3) is 11.6 Å². The topological polar surface area (TPSA) is 81.5 Å². The number of nitrogens with one attached hydrogen (secondary N) is 1. The van der Waals surface area contributed by atoms with E-state index in [1.54, 1.807) is 0 Å². The number of nitrogens with zero attached hydrogens (tertiary/aromatic N) is 1. The van der Waals surface area contributed by atoms with Gasteiger partial charge in [-0.1, -0.05) is 30.9 Å². The van der Waals surface area contributed by atoms with Gasteiger partial charge in [-0.2, -0.15) is 0 Å². The van der Waals surface area contributed by atoms with Crippen molar-refractivity contribution < 1.29 is 14.5 Å². The Morgan fingerprint density at radius 3 is 2.71 bits per heavy atom. The summed E-state index contributed by atoms with van der Waals surface area (Å²) in [7, 11) is 0. The second-order valence-electron chi connectivity index (χ2n) is 5.06. The molecule has 0 heterocycles. The SMILES string of the molecule is O=C(COc1ccc([N+](=O)[O-])c(Cl)c1)NC1CCCCC1. The fourth-order valence-corrected chi connectivity index (χ4v) is 2.63. The quantitative estimate of drug-likeness (QED) is 0.669. The molecule has 0 aliphatic heterocycles. The highest BCUT2D eigenvalue weighted by atomic mass is 35.5. The third kappa shape index (κ3) is 4.60. The molecule has 1 aromatic rings. The molecular formula is C14H17ClN2O4. The van der Waals surface area contributed by atoms with E-state index in [2.05, 4.69) is 5.32 Å². The smallest absolute Gasteiger partial charge is 0.288 e. The van der Waals surface area contributed by atoms with Gasteiger partial charge in [0.2, 0.25) is 0 Å². The molecule has 1 N–H and O–H groups in total. The summed E-state index contributed by atoms with van der Waals surface area (Å²) in [5.41, 5.74) is -0.185. The molecule has 21 heavy (non-hydrogen) atoms. The van der Waals surface area contributed by atoms with Crippen molar-refractivity contribution in [1.82, 2.24) is 5.32 Å². The molecule has 0 saturated heterocycles. The van der Waals surface area contributed by atoms with Crippen molar-refractivity contribution in [3.05, 3.63) is 33.3 Å². The minimum absolute atomic E-state index is 0.00908. The lowest BCUT2D eigenvalue weighted by molar-refractivity contribution is -0.384. The lowest BCUT2D eigenvalue weighted by Crippen LogP contribution is -2.38. The minimum atomic E-state index is -0.568. The Morgan fingerprint density at radius 2 is 2.10 bits per heavy atom. The van der Waals surface area contributed by atoms with Gasteiger partial charge in [0.15, 0.2) is 6.61 Å². The van der Waals surface area contributed by atoms with Gasteiger partial charge in [0, 0.05) is 18.2 Å². The van der Waals surface area contributed by atoms with Gasteiger partial charge in [0.1, 0.15) is 10.8 Å². The van der Waals surface area contributed by atoms with E-state index >= 15 is 0 Å². The Kier molecular flexibility index (Phi) is 5.38. The zero-order valence-electron chi connectivity index (χ0n) is 11.5. The van der Waals surface area contributed by atoms with Crippen molar-refractivity contribution in [3.8, 4) is 5.75 Å². The molecule has 1 aromatic carbocycles. The second kappa shape index (κ2) is 7.26. The lowest BCUT2D eigenvalue weighted by Gasteiger charge is -2.22. The van der Waals surface area contributed by atoms with E-state index in [-0.39, 0.29) is 29.3 Å². The van der Waals surface area contributed by atoms with Gasteiger partial charge >= 0.3 is 0 Å². The summed E-state index contributed by atoms with van der Waals surface area (Å²) in [6, 6.07) is 4.26. The minimum Gasteiger partial charge on any atom is -0.484 e. The molecule has 1 amide bonds. The number of halogens is 1. The molecule has 6 nitrogen and oxygen atoms in total. The predicted octanol–water partition coefficient (Wildman–Crippen LogP) is 3.08. The molecule has 0 aromatic heterocycles. The van der Waals surface area contributed by atoms with Crippen LogP contribution in [0.5, 0.6) is 5.75 Å². The Balaban J connectivity index is 1.83. The first-order valence-corrected chi connectivity index (χ1v) is 7.30. The molecule has 7 heteroatoms. The Morgan fingerprint density at radius 1 is 1.38 bits per heavy atom. The van der Waals surface area contributed by atoms with Crippen molar-refractivity contribution in [3.63, 3.8) is 0 Å². The summed E-state index contributed by atoms with van der Waals surface area (Å²) >= 11 is 5.77. The summed E-state index contributed by atoms with van der Waals surface area (Å²) < 4.78 is 5.31. The molecule has 1 saturated carbocycles. The number of rotatable bonds is 5. The molecule has 0 bridgehead atoms. The normalized spacial score (nSPS) is 15.5. The first-order valence-electron chi connectivity index (χ1n) is 6.92. The number of nitro benzene ring substituents is 1. The van der Waals surface area contributed by atoms with Crippen molar-refractivity contribution in [2.75, 3.05) is 6.61 Å². The number of nitro groups is 1. The third-order valence-electron chi connectivity index (χ3n) is 3.46. The van der Waals surface area contributed by atoms with Crippen LogP contribution in [0.2, 0.25) is 5.02 Å². The van der Waals surface area contributed by atoms with E-state index in [1.165, 1.54) is 24.6 Å². The number of carbonyl (C=O) groups is 1. The van der Waals surface area contributed by atoms with E-state index in [1.807, 2.05) is 0 Å². The number of carbonyl (C=O) groups excluding carboxylic acids is 1. The fraction of sp³-hybridized carbons (Fsp3) is 0.500. The average molecular weight is 313 g/mol. The Bertz CT molecular complexity index is 530. The molecule has 1 aliphatic carbocycles.